The number of fused-ring (bicyclic) bond motifs is 2. The normalized spacial score (nSPS) is 17.8. The number of rotatable bonds is 5. The highest BCUT2D eigenvalue weighted by Gasteiger charge is 2.41. The molecule has 1 saturated carbocycles. The summed E-state index contributed by atoms with van der Waals surface area (Å²) in [5.41, 5.74) is -1.28. The van der Waals surface area contributed by atoms with Gasteiger partial charge in [-0.05, 0) is 42.5 Å². The molecule has 0 unspecified atom stereocenters. The average molecular weight is 510 g/mol. The number of nitrogens with one attached hydrogen (secondary N) is 1. The third-order valence-electron chi connectivity index (χ3n) is 7.46. The standard InChI is InChI=1S/C26H27N3O6S/c1-2-17-15-28(25(32)29(33)24(17)31)26(13-7-8-14-26)16-27-23(30)22-18-9-3-5-11-20(18)36(34,35)21-12-6-4-10-19(21)22/h3-6,9-12,15,22,33H,2,7-8,13-14,16H2,1H3,(H,27,30). The van der Waals surface area contributed by atoms with Crippen molar-refractivity contribution in [2.45, 2.75) is 60.3 Å². The molecule has 0 saturated heterocycles. The zero-order valence-corrected chi connectivity index (χ0v) is 20.6. The van der Waals surface area contributed by atoms with E-state index in [1.165, 1.54) is 22.9 Å². The van der Waals surface area contributed by atoms with Crippen LogP contribution in [0.3, 0.4) is 0 Å². The molecule has 2 aliphatic rings. The van der Waals surface area contributed by atoms with Crippen molar-refractivity contribution in [2.24, 2.45) is 0 Å². The van der Waals surface area contributed by atoms with Crippen molar-refractivity contribution in [2.75, 3.05) is 6.54 Å². The van der Waals surface area contributed by atoms with Crippen LogP contribution in [0, 0.1) is 0 Å². The zero-order chi connectivity index (χ0) is 25.7. The predicted octanol–water partition coefficient (Wildman–Crippen LogP) is 2.17. The summed E-state index contributed by atoms with van der Waals surface area (Å²) in [5, 5.41) is 13.1. The number of carbonyl (C=O) groups excluding carboxylic acids is 1. The molecule has 0 atom stereocenters. The Morgan fingerprint density at radius 1 is 1.03 bits per heavy atom. The van der Waals surface area contributed by atoms with Gasteiger partial charge in [-0.1, -0.05) is 60.9 Å². The topological polar surface area (TPSA) is 127 Å². The van der Waals surface area contributed by atoms with Gasteiger partial charge in [0, 0.05) is 18.3 Å². The molecule has 9 nitrogen and oxygen atoms in total. The second-order valence-corrected chi connectivity index (χ2v) is 11.3. The molecule has 5 rings (SSSR count). The Labute approximate surface area is 207 Å². The summed E-state index contributed by atoms with van der Waals surface area (Å²) in [6.45, 7) is 1.86. The fraction of sp³-hybridized carbons (Fsp3) is 0.346. The highest BCUT2D eigenvalue weighted by atomic mass is 32.2. The minimum atomic E-state index is -3.76. The van der Waals surface area contributed by atoms with Crippen LogP contribution in [-0.4, -0.2) is 35.4 Å². The number of amides is 1. The van der Waals surface area contributed by atoms with Crippen molar-refractivity contribution in [1.82, 2.24) is 14.6 Å². The molecule has 3 aromatic rings. The Morgan fingerprint density at radius 3 is 2.14 bits per heavy atom. The number of carbonyl (C=O) groups is 1. The predicted molar refractivity (Wildman–Crippen MR) is 131 cm³/mol. The maximum Gasteiger partial charge on any atom is 0.365 e. The largest absolute Gasteiger partial charge is 0.421 e. The van der Waals surface area contributed by atoms with E-state index in [1.54, 1.807) is 43.3 Å². The van der Waals surface area contributed by atoms with Crippen molar-refractivity contribution < 1.29 is 18.4 Å². The number of benzene rings is 2. The number of aryl methyl sites for hydroxylation is 1. The maximum absolute atomic E-state index is 13.7. The minimum absolute atomic E-state index is 0.0979. The zero-order valence-electron chi connectivity index (χ0n) is 19.8. The summed E-state index contributed by atoms with van der Waals surface area (Å²) < 4.78 is 27.9. The lowest BCUT2D eigenvalue weighted by atomic mass is 9.89. The van der Waals surface area contributed by atoms with E-state index in [2.05, 4.69) is 5.32 Å². The van der Waals surface area contributed by atoms with Gasteiger partial charge in [0.15, 0.2) is 0 Å². The van der Waals surface area contributed by atoms with Crippen molar-refractivity contribution in [1.29, 1.82) is 0 Å². The summed E-state index contributed by atoms with van der Waals surface area (Å²) in [6, 6.07) is 13.0. The van der Waals surface area contributed by atoms with E-state index < -0.39 is 32.5 Å². The van der Waals surface area contributed by atoms with E-state index in [1.807, 2.05) is 0 Å². The first-order chi connectivity index (χ1) is 17.2. The van der Waals surface area contributed by atoms with Crippen LogP contribution in [0.5, 0.6) is 0 Å². The number of hydrogen-bond donors (Lipinski definition) is 2. The van der Waals surface area contributed by atoms with Crippen LogP contribution in [-0.2, 0) is 26.6 Å². The summed E-state index contributed by atoms with van der Waals surface area (Å²) >= 11 is 0. The van der Waals surface area contributed by atoms with Gasteiger partial charge in [-0.15, -0.1) is 0 Å². The lowest BCUT2D eigenvalue weighted by molar-refractivity contribution is -0.122. The van der Waals surface area contributed by atoms with Gasteiger partial charge in [-0.2, -0.15) is 0 Å². The molecule has 1 aliphatic carbocycles. The molecule has 0 spiro atoms. The molecule has 0 radical (unpaired) electrons. The van der Waals surface area contributed by atoms with Gasteiger partial charge in [-0.3, -0.25) is 14.2 Å². The molecule has 2 heterocycles. The number of sulfone groups is 1. The average Bonchev–Trinajstić information content (AvgIpc) is 3.36. The number of nitrogens with zero attached hydrogens (tertiary/aromatic N) is 2. The highest BCUT2D eigenvalue weighted by molar-refractivity contribution is 7.91. The molecule has 1 fully saturated rings. The van der Waals surface area contributed by atoms with Crippen LogP contribution in [0.1, 0.15) is 55.2 Å². The summed E-state index contributed by atoms with van der Waals surface area (Å²) in [5.74, 6) is -1.22. The molecule has 2 N–H and O–H groups in total. The van der Waals surface area contributed by atoms with Gasteiger partial charge in [0.2, 0.25) is 15.7 Å². The van der Waals surface area contributed by atoms with Crippen LogP contribution < -0.4 is 16.6 Å². The fourth-order valence-corrected chi connectivity index (χ4v) is 7.30. The molecule has 1 aliphatic heterocycles. The van der Waals surface area contributed by atoms with E-state index >= 15 is 0 Å². The number of aromatic nitrogens is 2. The highest BCUT2D eigenvalue weighted by Crippen LogP contribution is 2.42. The molecule has 36 heavy (non-hydrogen) atoms. The Bertz CT molecular complexity index is 1530. The fourth-order valence-electron chi connectivity index (χ4n) is 5.56. The van der Waals surface area contributed by atoms with Crippen molar-refractivity contribution in [3.8, 4) is 0 Å². The van der Waals surface area contributed by atoms with Crippen LogP contribution in [0.25, 0.3) is 0 Å². The summed E-state index contributed by atoms with van der Waals surface area (Å²) in [4.78, 5) is 39.0. The minimum Gasteiger partial charge on any atom is -0.421 e. The molecule has 2 aromatic carbocycles. The first-order valence-corrected chi connectivity index (χ1v) is 13.5. The van der Waals surface area contributed by atoms with Crippen molar-refractivity contribution in [3.05, 3.63) is 92.3 Å². The molecule has 1 aromatic heterocycles. The molecule has 1 amide bonds. The van der Waals surface area contributed by atoms with Crippen molar-refractivity contribution in [3.63, 3.8) is 0 Å². The van der Waals surface area contributed by atoms with Gasteiger partial charge < -0.3 is 10.5 Å². The molecule has 0 bridgehead atoms. The lowest BCUT2D eigenvalue weighted by Crippen LogP contribution is -2.52. The first kappa shape index (κ1) is 24.1. The van der Waals surface area contributed by atoms with E-state index in [0.29, 0.717) is 36.0 Å². The Hall–Kier alpha value is -3.66. The molecular weight excluding hydrogens is 482 g/mol. The van der Waals surface area contributed by atoms with E-state index in [0.717, 1.165) is 12.8 Å². The second kappa shape index (κ2) is 8.77. The Kier molecular flexibility index (Phi) is 5.86. The Balaban J connectivity index is 1.54. The quantitative estimate of drug-likeness (QED) is 0.508. The van der Waals surface area contributed by atoms with E-state index in [4.69, 9.17) is 0 Å². The van der Waals surface area contributed by atoms with Crippen LogP contribution in [0.15, 0.2) is 74.1 Å². The van der Waals surface area contributed by atoms with Crippen LogP contribution >= 0.6 is 0 Å². The molecular formula is C26H27N3O6S. The van der Waals surface area contributed by atoms with Gasteiger partial charge in [0.05, 0.1) is 21.2 Å². The summed E-state index contributed by atoms with van der Waals surface area (Å²) in [7, 11) is -3.76. The molecule has 10 heteroatoms. The first-order valence-electron chi connectivity index (χ1n) is 12.0. The van der Waals surface area contributed by atoms with Gasteiger partial charge in [0.1, 0.15) is 0 Å². The smallest absolute Gasteiger partial charge is 0.365 e. The molecule has 188 valence electrons. The lowest BCUT2D eigenvalue weighted by Gasteiger charge is -2.33. The third kappa shape index (κ3) is 3.59. The van der Waals surface area contributed by atoms with Gasteiger partial charge in [0.25, 0.3) is 5.56 Å². The summed E-state index contributed by atoms with van der Waals surface area (Å²) in [6.07, 6.45) is 4.64. The van der Waals surface area contributed by atoms with Crippen molar-refractivity contribution >= 4 is 15.7 Å². The van der Waals surface area contributed by atoms with Gasteiger partial charge in [-0.25, -0.2) is 13.2 Å². The third-order valence-corrected chi connectivity index (χ3v) is 9.36. The second-order valence-electron chi connectivity index (χ2n) is 9.44. The van der Waals surface area contributed by atoms with E-state index in [9.17, 15) is 28.0 Å². The monoisotopic (exact) mass is 509 g/mol. The number of hydrogen-bond acceptors (Lipinski definition) is 6. The van der Waals surface area contributed by atoms with Crippen LogP contribution in [0.2, 0.25) is 0 Å². The Morgan fingerprint density at radius 2 is 1.58 bits per heavy atom. The van der Waals surface area contributed by atoms with Crippen LogP contribution in [0.4, 0.5) is 0 Å². The van der Waals surface area contributed by atoms with Gasteiger partial charge >= 0.3 is 5.69 Å². The SMILES string of the molecule is CCc1cn(C2(CNC(=O)C3c4ccccc4S(=O)(=O)c4ccccc43)CCCC2)c(=O)n(O)c1=O. The van der Waals surface area contributed by atoms with E-state index in [-0.39, 0.29) is 27.0 Å². The maximum atomic E-state index is 13.7.